The van der Waals surface area contributed by atoms with E-state index in [4.69, 9.17) is 0 Å². The highest BCUT2D eigenvalue weighted by Crippen LogP contribution is 2.16. The van der Waals surface area contributed by atoms with Gasteiger partial charge in [0.2, 0.25) is 0 Å². The van der Waals surface area contributed by atoms with E-state index in [-0.39, 0.29) is 6.03 Å². The summed E-state index contributed by atoms with van der Waals surface area (Å²) in [4.78, 5) is 13.2. The lowest BCUT2D eigenvalue weighted by molar-refractivity contribution is 0.217. The lowest BCUT2D eigenvalue weighted by atomic mass is 10.1. The lowest BCUT2D eigenvalue weighted by Crippen LogP contribution is -2.35. The molecule has 0 aliphatic carbocycles. The highest BCUT2D eigenvalue weighted by Gasteiger charge is 2.18. The first-order valence-electron chi connectivity index (χ1n) is 6.18. The zero-order valence-electron chi connectivity index (χ0n) is 10.4. The molecule has 1 aliphatic rings. The van der Waals surface area contributed by atoms with Crippen molar-refractivity contribution in [1.29, 1.82) is 0 Å². The number of urea groups is 1. The highest BCUT2D eigenvalue weighted by atomic mass is 79.9. The van der Waals surface area contributed by atoms with Gasteiger partial charge in [0.05, 0.1) is 0 Å². The van der Waals surface area contributed by atoms with Crippen molar-refractivity contribution in [2.24, 2.45) is 0 Å². The molecule has 0 bridgehead atoms. The Hall–Kier alpha value is -1.07. The molecule has 1 aromatic carbocycles. The first kappa shape index (κ1) is 13.4. The summed E-state index contributed by atoms with van der Waals surface area (Å²) in [6.45, 7) is 5.28. The molecule has 98 valence electrons. The minimum Gasteiger partial charge on any atom is -0.336 e. The van der Waals surface area contributed by atoms with Crippen LogP contribution in [0.2, 0.25) is 0 Å². The van der Waals surface area contributed by atoms with Crippen molar-refractivity contribution in [3.8, 4) is 0 Å². The molecular formula is C13H18BrN3O. The minimum atomic E-state index is 0.0492. The van der Waals surface area contributed by atoms with Crippen LogP contribution in [0.25, 0.3) is 0 Å². The second-order valence-corrected chi connectivity index (χ2v) is 5.36. The summed E-state index contributed by atoms with van der Waals surface area (Å²) in [5.41, 5.74) is 1.25. The van der Waals surface area contributed by atoms with Crippen LogP contribution in [0, 0.1) is 0 Å². The summed E-state index contributed by atoms with van der Waals surface area (Å²) in [5.74, 6) is 0. The van der Waals surface area contributed by atoms with Gasteiger partial charge in [-0.1, -0.05) is 28.1 Å². The highest BCUT2D eigenvalue weighted by molar-refractivity contribution is 9.10. The zero-order valence-corrected chi connectivity index (χ0v) is 12.0. The fourth-order valence-electron chi connectivity index (χ4n) is 2.01. The van der Waals surface area contributed by atoms with E-state index < -0.39 is 0 Å². The van der Waals surface area contributed by atoms with Crippen LogP contribution in [-0.2, 0) is 0 Å². The molecule has 18 heavy (non-hydrogen) atoms. The second-order valence-electron chi connectivity index (χ2n) is 4.45. The molecule has 0 saturated carbocycles. The summed E-state index contributed by atoms with van der Waals surface area (Å²) < 4.78 is 1.09. The molecule has 1 heterocycles. The number of hydrogen-bond donors (Lipinski definition) is 2. The van der Waals surface area contributed by atoms with E-state index >= 15 is 0 Å². The molecule has 1 aromatic rings. The number of nitrogens with zero attached hydrogens (tertiary/aromatic N) is 1. The third kappa shape index (κ3) is 3.46. The Labute approximate surface area is 116 Å². The average Bonchev–Trinajstić information content (AvgIpc) is 2.76. The van der Waals surface area contributed by atoms with Crippen LogP contribution in [0.4, 0.5) is 4.79 Å². The van der Waals surface area contributed by atoms with E-state index in [0.717, 1.165) is 30.7 Å². The number of carbonyl (C=O) groups excluding carboxylic acids is 1. The third-order valence-electron chi connectivity index (χ3n) is 3.15. The van der Waals surface area contributed by atoms with Gasteiger partial charge in [0.25, 0.3) is 0 Å². The number of hydrogen-bond acceptors (Lipinski definition) is 2. The SMILES string of the molecule is C[C@@H](NCCN1CCNC1=O)c1ccc(Br)cc1. The van der Waals surface area contributed by atoms with Gasteiger partial charge in [-0.2, -0.15) is 0 Å². The van der Waals surface area contributed by atoms with Gasteiger partial charge in [0.15, 0.2) is 0 Å². The van der Waals surface area contributed by atoms with Gasteiger partial charge in [-0.15, -0.1) is 0 Å². The Balaban J connectivity index is 1.76. The van der Waals surface area contributed by atoms with E-state index in [1.54, 1.807) is 0 Å². The van der Waals surface area contributed by atoms with Crippen molar-refractivity contribution in [1.82, 2.24) is 15.5 Å². The monoisotopic (exact) mass is 311 g/mol. The molecule has 1 aliphatic heterocycles. The zero-order chi connectivity index (χ0) is 13.0. The molecule has 1 saturated heterocycles. The number of nitrogens with one attached hydrogen (secondary N) is 2. The molecule has 1 fully saturated rings. The number of halogens is 1. The molecule has 4 nitrogen and oxygen atoms in total. The Kier molecular flexibility index (Phi) is 4.60. The van der Waals surface area contributed by atoms with Crippen LogP contribution in [-0.4, -0.2) is 37.1 Å². The summed E-state index contributed by atoms with van der Waals surface area (Å²) in [5, 5.41) is 6.23. The Bertz CT molecular complexity index is 407. The predicted octanol–water partition coefficient (Wildman–Crippen LogP) is 2.12. The summed E-state index contributed by atoms with van der Waals surface area (Å²) in [7, 11) is 0. The van der Waals surface area contributed by atoms with Crippen LogP contribution < -0.4 is 10.6 Å². The van der Waals surface area contributed by atoms with Gasteiger partial charge in [-0.3, -0.25) is 0 Å². The second kappa shape index (κ2) is 6.20. The van der Waals surface area contributed by atoms with Gasteiger partial charge >= 0.3 is 6.03 Å². The molecule has 0 radical (unpaired) electrons. The average molecular weight is 312 g/mol. The maximum Gasteiger partial charge on any atom is 0.317 e. The summed E-state index contributed by atoms with van der Waals surface area (Å²) >= 11 is 3.43. The minimum absolute atomic E-state index is 0.0492. The van der Waals surface area contributed by atoms with E-state index in [1.807, 2.05) is 17.0 Å². The molecule has 1 atom stereocenters. The Morgan fingerprint density at radius 2 is 2.17 bits per heavy atom. The first-order valence-corrected chi connectivity index (χ1v) is 6.98. The fourth-order valence-corrected chi connectivity index (χ4v) is 2.27. The Morgan fingerprint density at radius 3 is 2.78 bits per heavy atom. The topological polar surface area (TPSA) is 44.4 Å². The van der Waals surface area contributed by atoms with Crippen LogP contribution >= 0.6 is 15.9 Å². The van der Waals surface area contributed by atoms with Crippen molar-refractivity contribution >= 4 is 22.0 Å². The molecule has 0 unspecified atom stereocenters. The van der Waals surface area contributed by atoms with Crippen LogP contribution in [0.3, 0.4) is 0 Å². The van der Waals surface area contributed by atoms with Gasteiger partial charge in [0, 0.05) is 36.7 Å². The lowest BCUT2D eigenvalue weighted by Gasteiger charge is -2.18. The van der Waals surface area contributed by atoms with Crippen LogP contribution in [0.1, 0.15) is 18.5 Å². The maximum absolute atomic E-state index is 11.3. The normalized spacial score (nSPS) is 16.8. The largest absolute Gasteiger partial charge is 0.336 e. The molecule has 2 rings (SSSR count). The van der Waals surface area contributed by atoms with Crippen molar-refractivity contribution in [2.75, 3.05) is 26.2 Å². The summed E-state index contributed by atoms with van der Waals surface area (Å²) in [6, 6.07) is 8.63. The van der Waals surface area contributed by atoms with E-state index in [2.05, 4.69) is 45.6 Å². The molecule has 2 amide bonds. The molecule has 0 spiro atoms. The quantitative estimate of drug-likeness (QED) is 0.875. The molecule has 0 aromatic heterocycles. The number of rotatable bonds is 5. The van der Waals surface area contributed by atoms with Crippen LogP contribution in [0.15, 0.2) is 28.7 Å². The molecule has 2 N–H and O–H groups in total. The van der Waals surface area contributed by atoms with Gasteiger partial charge in [-0.05, 0) is 24.6 Å². The van der Waals surface area contributed by atoms with Gasteiger partial charge in [-0.25, -0.2) is 4.79 Å². The molecule has 5 heteroatoms. The predicted molar refractivity (Wildman–Crippen MR) is 75.5 cm³/mol. The maximum atomic E-state index is 11.3. The Morgan fingerprint density at radius 1 is 1.44 bits per heavy atom. The number of carbonyl (C=O) groups is 1. The van der Waals surface area contributed by atoms with Crippen molar-refractivity contribution in [2.45, 2.75) is 13.0 Å². The smallest absolute Gasteiger partial charge is 0.317 e. The number of benzene rings is 1. The van der Waals surface area contributed by atoms with E-state index in [1.165, 1.54) is 5.56 Å². The van der Waals surface area contributed by atoms with E-state index in [0.29, 0.717) is 6.04 Å². The van der Waals surface area contributed by atoms with Crippen LogP contribution in [0.5, 0.6) is 0 Å². The summed E-state index contributed by atoms with van der Waals surface area (Å²) in [6.07, 6.45) is 0. The van der Waals surface area contributed by atoms with Crippen molar-refractivity contribution < 1.29 is 4.79 Å². The van der Waals surface area contributed by atoms with Crippen molar-refractivity contribution in [3.05, 3.63) is 34.3 Å². The fraction of sp³-hybridized carbons (Fsp3) is 0.462. The van der Waals surface area contributed by atoms with Gasteiger partial charge in [0.1, 0.15) is 0 Å². The molecular weight excluding hydrogens is 294 g/mol. The standard InChI is InChI=1S/C13H18BrN3O/c1-10(11-2-4-12(14)5-3-11)15-6-8-17-9-7-16-13(17)18/h2-5,10,15H,6-9H2,1H3,(H,16,18)/t10-/m1/s1. The number of amides is 2. The first-order chi connectivity index (χ1) is 8.66. The van der Waals surface area contributed by atoms with Gasteiger partial charge < -0.3 is 15.5 Å². The van der Waals surface area contributed by atoms with Crippen molar-refractivity contribution in [3.63, 3.8) is 0 Å². The third-order valence-corrected chi connectivity index (χ3v) is 3.68. The van der Waals surface area contributed by atoms with E-state index in [9.17, 15) is 4.79 Å².